The van der Waals surface area contributed by atoms with Gasteiger partial charge in [-0.25, -0.2) is 4.79 Å². The van der Waals surface area contributed by atoms with Crippen LogP contribution in [-0.2, 0) is 24.0 Å². The van der Waals surface area contributed by atoms with Crippen molar-refractivity contribution >= 4 is 42.3 Å². The first-order chi connectivity index (χ1) is 12.9. The minimum absolute atomic E-state index is 0.207. The molecule has 28 heavy (non-hydrogen) atoms. The van der Waals surface area contributed by atoms with Crippen molar-refractivity contribution in [3.8, 4) is 0 Å². The van der Waals surface area contributed by atoms with Gasteiger partial charge in [0.2, 0.25) is 17.7 Å². The third-order valence-electron chi connectivity index (χ3n) is 3.59. The Balaban J connectivity index is 4.99. The number of hydrogen-bond acceptors (Lipinski definition) is 8. The molecule has 160 valence electrons. The van der Waals surface area contributed by atoms with Gasteiger partial charge in [0, 0.05) is 5.75 Å². The molecule has 0 radical (unpaired) electrons. The van der Waals surface area contributed by atoms with Crippen LogP contribution in [0.3, 0.4) is 0 Å². The van der Waals surface area contributed by atoms with E-state index in [1.807, 2.05) is 0 Å². The number of carbonyl (C=O) groups is 5. The Morgan fingerprint density at radius 1 is 0.929 bits per heavy atom. The van der Waals surface area contributed by atoms with Crippen LogP contribution in [0.15, 0.2) is 0 Å². The highest BCUT2D eigenvalue weighted by molar-refractivity contribution is 7.80. The summed E-state index contributed by atoms with van der Waals surface area (Å²) in [5, 5.41) is 33.6. The van der Waals surface area contributed by atoms with Crippen molar-refractivity contribution in [3.63, 3.8) is 0 Å². The van der Waals surface area contributed by atoms with E-state index in [4.69, 9.17) is 15.9 Å². The predicted molar refractivity (Wildman–Crippen MR) is 99.4 cm³/mol. The topological polar surface area (TPSA) is 208 Å². The van der Waals surface area contributed by atoms with Crippen LogP contribution in [0.1, 0.15) is 20.3 Å². The molecule has 13 heteroatoms. The zero-order chi connectivity index (χ0) is 22.0. The SMILES string of the molecule is CC(C)C(NC(=O)C(CO)NC(=O)C(CS)NC(=O)C(N)CC(=O)O)C(=O)O. The number of nitrogens with two attached hydrogens (primary N) is 1. The summed E-state index contributed by atoms with van der Waals surface area (Å²) in [6, 6.07) is -5.36. The van der Waals surface area contributed by atoms with Crippen LogP contribution < -0.4 is 21.7 Å². The highest BCUT2D eigenvalue weighted by Crippen LogP contribution is 2.02. The zero-order valence-corrected chi connectivity index (χ0v) is 16.3. The van der Waals surface area contributed by atoms with E-state index in [9.17, 15) is 29.1 Å². The lowest BCUT2D eigenvalue weighted by Crippen LogP contribution is -2.59. The number of thiol groups is 1. The van der Waals surface area contributed by atoms with Gasteiger partial charge < -0.3 is 37.0 Å². The largest absolute Gasteiger partial charge is 0.481 e. The van der Waals surface area contributed by atoms with Crippen LogP contribution in [0.2, 0.25) is 0 Å². The first kappa shape index (κ1) is 25.6. The molecule has 4 atom stereocenters. The van der Waals surface area contributed by atoms with Gasteiger partial charge in [0.25, 0.3) is 0 Å². The number of aliphatic hydroxyl groups is 1. The lowest BCUT2D eigenvalue weighted by molar-refractivity contribution is -0.143. The Labute approximate surface area is 166 Å². The van der Waals surface area contributed by atoms with Crippen molar-refractivity contribution in [2.24, 2.45) is 11.7 Å². The quantitative estimate of drug-likeness (QED) is 0.150. The second kappa shape index (κ2) is 12.2. The fourth-order valence-corrected chi connectivity index (χ4v) is 2.24. The maximum Gasteiger partial charge on any atom is 0.326 e. The molecule has 0 bridgehead atoms. The number of nitrogens with one attached hydrogen (secondary N) is 3. The van der Waals surface area contributed by atoms with E-state index >= 15 is 0 Å². The smallest absolute Gasteiger partial charge is 0.326 e. The van der Waals surface area contributed by atoms with Crippen molar-refractivity contribution < 1.29 is 39.3 Å². The molecule has 0 aliphatic carbocycles. The van der Waals surface area contributed by atoms with Crippen molar-refractivity contribution in [1.29, 1.82) is 0 Å². The molecule has 0 heterocycles. The van der Waals surface area contributed by atoms with E-state index in [2.05, 4.69) is 28.6 Å². The fourth-order valence-electron chi connectivity index (χ4n) is 1.99. The summed E-state index contributed by atoms with van der Waals surface area (Å²) in [7, 11) is 0. The molecule has 8 N–H and O–H groups in total. The van der Waals surface area contributed by atoms with Gasteiger partial charge in [-0.1, -0.05) is 13.8 Å². The minimum Gasteiger partial charge on any atom is -0.481 e. The van der Waals surface area contributed by atoms with Gasteiger partial charge in [0.1, 0.15) is 18.1 Å². The Morgan fingerprint density at radius 2 is 1.43 bits per heavy atom. The molecular formula is C15H26N4O8S. The lowest BCUT2D eigenvalue weighted by atomic mass is 10.0. The van der Waals surface area contributed by atoms with E-state index in [0.29, 0.717) is 0 Å². The summed E-state index contributed by atoms with van der Waals surface area (Å²) >= 11 is 3.91. The van der Waals surface area contributed by atoms with Crippen LogP contribution in [0, 0.1) is 5.92 Å². The van der Waals surface area contributed by atoms with E-state index in [0.717, 1.165) is 0 Å². The Bertz CT molecular complexity index is 601. The summed E-state index contributed by atoms with van der Waals surface area (Å²) in [6.45, 7) is 2.31. The number of carboxylic acids is 2. The van der Waals surface area contributed by atoms with Gasteiger partial charge in [-0.2, -0.15) is 12.6 Å². The normalized spacial score (nSPS) is 15.1. The van der Waals surface area contributed by atoms with Crippen molar-refractivity contribution in [3.05, 3.63) is 0 Å². The first-order valence-electron chi connectivity index (χ1n) is 8.27. The van der Waals surface area contributed by atoms with Gasteiger partial charge >= 0.3 is 11.9 Å². The van der Waals surface area contributed by atoms with Crippen molar-refractivity contribution in [2.45, 2.75) is 44.4 Å². The number of aliphatic carboxylic acids is 2. The summed E-state index contributed by atoms with van der Waals surface area (Å²) < 4.78 is 0. The molecule has 3 amide bonds. The molecule has 12 nitrogen and oxygen atoms in total. The number of hydrogen-bond donors (Lipinski definition) is 8. The van der Waals surface area contributed by atoms with Crippen LogP contribution in [0.25, 0.3) is 0 Å². The minimum atomic E-state index is -1.47. The highest BCUT2D eigenvalue weighted by Gasteiger charge is 2.30. The first-order valence-corrected chi connectivity index (χ1v) is 8.90. The number of carboxylic acid groups (broad SMARTS) is 2. The predicted octanol–water partition coefficient (Wildman–Crippen LogP) is -3.09. The van der Waals surface area contributed by atoms with Crippen LogP contribution in [-0.4, -0.2) is 81.5 Å². The van der Waals surface area contributed by atoms with Gasteiger partial charge in [0.15, 0.2) is 0 Å². The highest BCUT2D eigenvalue weighted by atomic mass is 32.1. The van der Waals surface area contributed by atoms with Crippen LogP contribution >= 0.6 is 12.6 Å². The number of carbonyl (C=O) groups excluding carboxylic acids is 3. The lowest BCUT2D eigenvalue weighted by Gasteiger charge is -2.24. The number of aliphatic hydroxyl groups excluding tert-OH is 1. The number of amides is 3. The Kier molecular flexibility index (Phi) is 11.1. The van der Waals surface area contributed by atoms with E-state index in [1.54, 1.807) is 13.8 Å². The van der Waals surface area contributed by atoms with E-state index < -0.39 is 72.8 Å². The van der Waals surface area contributed by atoms with Crippen LogP contribution in [0.4, 0.5) is 0 Å². The second-order valence-corrected chi connectivity index (χ2v) is 6.63. The molecule has 0 aromatic heterocycles. The molecule has 0 rings (SSSR count). The van der Waals surface area contributed by atoms with Gasteiger partial charge in [-0.3, -0.25) is 19.2 Å². The average molecular weight is 422 g/mol. The maximum atomic E-state index is 12.2. The maximum absolute atomic E-state index is 12.2. The molecule has 0 saturated heterocycles. The van der Waals surface area contributed by atoms with Crippen molar-refractivity contribution in [1.82, 2.24) is 16.0 Å². The van der Waals surface area contributed by atoms with E-state index in [-0.39, 0.29) is 5.75 Å². The molecule has 4 unspecified atom stereocenters. The molecular weight excluding hydrogens is 396 g/mol. The molecule has 0 aliphatic heterocycles. The van der Waals surface area contributed by atoms with Gasteiger partial charge in [0.05, 0.1) is 19.1 Å². The molecule has 0 aliphatic rings. The third kappa shape index (κ3) is 8.54. The standard InChI is InChI=1S/C15H26N4O8S/c1-6(2)11(15(26)27)19-13(24)8(4-20)17-14(25)9(5-28)18-12(23)7(16)3-10(21)22/h6-9,11,20,28H,3-5,16H2,1-2H3,(H,17,25)(H,18,23)(H,19,24)(H,21,22)(H,26,27). The second-order valence-electron chi connectivity index (χ2n) is 6.26. The average Bonchev–Trinajstić information content (AvgIpc) is 2.59. The molecule has 0 saturated carbocycles. The summed E-state index contributed by atoms with van der Waals surface area (Å²) in [6.07, 6.45) is -0.653. The monoisotopic (exact) mass is 422 g/mol. The number of rotatable bonds is 12. The Morgan fingerprint density at radius 3 is 1.82 bits per heavy atom. The molecule has 0 aromatic carbocycles. The van der Waals surface area contributed by atoms with Gasteiger partial charge in [-0.15, -0.1) is 0 Å². The zero-order valence-electron chi connectivity index (χ0n) is 15.4. The Hall–Kier alpha value is -2.38. The van der Waals surface area contributed by atoms with Crippen LogP contribution in [0.5, 0.6) is 0 Å². The molecule has 0 spiro atoms. The summed E-state index contributed by atoms with van der Waals surface area (Å²) in [5.41, 5.74) is 5.40. The fraction of sp³-hybridized carbons (Fsp3) is 0.667. The van der Waals surface area contributed by atoms with E-state index in [1.165, 1.54) is 0 Å². The summed E-state index contributed by atoms with van der Waals surface area (Å²) in [4.78, 5) is 58.0. The van der Waals surface area contributed by atoms with Crippen molar-refractivity contribution in [2.75, 3.05) is 12.4 Å². The molecule has 0 aromatic rings. The third-order valence-corrected chi connectivity index (χ3v) is 3.96. The molecule has 0 fully saturated rings. The van der Waals surface area contributed by atoms with Gasteiger partial charge in [-0.05, 0) is 5.92 Å². The summed E-state index contributed by atoms with van der Waals surface area (Å²) in [5.74, 6) is -5.96.